The maximum Gasteiger partial charge on any atom is 0.267 e. The van der Waals surface area contributed by atoms with Gasteiger partial charge in [0.2, 0.25) is 10.0 Å². The van der Waals surface area contributed by atoms with Gasteiger partial charge in [-0.05, 0) is 39.2 Å². The molecule has 1 unspecified atom stereocenters. The van der Waals surface area contributed by atoms with Gasteiger partial charge >= 0.3 is 0 Å². The van der Waals surface area contributed by atoms with Crippen LogP contribution in [0.5, 0.6) is 0 Å². The van der Waals surface area contributed by atoms with Crippen molar-refractivity contribution in [1.82, 2.24) is 24.3 Å². The highest BCUT2D eigenvalue weighted by atomic mass is 32.2. The molecule has 1 saturated heterocycles. The van der Waals surface area contributed by atoms with Gasteiger partial charge < -0.3 is 4.90 Å². The van der Waals surface area contributed by atoms with Gasteiger partial charge in [0, 0.05) is 38.4 Å². The van der Waals surface area contributed by atoms with E-state index in [0.717, 1.165) is 25.8 Å². The molecule has 0 bridgehead atoms. The summed E-state index contributed by atoms with van der Waals surface area (Å²) in [4.78, 5) is 14.2. The normalized spacial score (nSPS) is 18.2. The molecule has 1 aliphatic heterocycles. The lowest BCUT2D eigenvalue weighted by Crippen LogP contribution is -2.47. The molecular weight excluding hydrogens is 368 g/mol. The molecule has 0 saturated carbocycles. The smallest absolute Gasteiger partial charge is 0.267 e. The van der Waals surface area contributed by atoms with Crippen molar-refractivity contribution in [2.45, 2.75) is 50.1 Å². The second-order valence-electron chi connectivity index (χ2n) is 7.11. The summed E-state index contributed by atoms with van der Waals surface area (Å²) in [6.45, 7) is 4.88. The summed E-state index contributed by atoms with van der Waals surface area (Å²) < 4.78 is 30.6. The lowest BCUT2D eigenvalue weighted by atomic mass is 10.0. The fraction of sp³-hybridized carbons (Fsp3) is 0.588. The second-order valence-corrected chi connectivity index (χ2v) is 8.88. The van der Waals surface area contributed by atoms with Crippen LogP contribution in [0.4, 0.5) is 5.82 Å². The van der Waals surface area contributed by atoms with E-state index in [1.807, 2.05) is 13.8 Å². The van der Waals surface area contributed by atoms with E-state index in [4.69, 9.17) is 0 Å². The van der Waals surface area contributed by atoms with Crippen molar-refractivity contribution in [3.63, 3.8) is 0 Å². The van der Waals surface area contributed by atoms with Crippen LogP contribution in [0.3, 0.4) is 0 Å². The van der Waals surface area contributed by atoms with Gasteiger partial charge in [-0.2, -0.15) is 10.2 Å². The zero-order chi connectivity index (χ0) is 19.6. The first-order chi connectivity index (χ1) is 12.8. The Bertz CT molecular complexity index is 950. The summed E-state index contributed by atoms with van der Waals surface area (Å²) in [7, 11) is -1.93. The van der Waals surface area contributed by atoms with Crippen LogP contribution < -0.4 is 15.2 Å². The van der Waals surface area contributed by atoms with Crippen molar-refractivity contribution in [1.29, 1.82) is 0 Å². The maximum absolute atomic E-state index is 12.5. The fourth-order valence-corrected chi connectivity index (χ4v) is 4.34. The van der Waals surface area contributed by atoms with Crippen LogP contribution in [0.1, 0.15) is 39.2 Å². The molecule has 9 nitrogen and oxygen atoms in total. The van der Waals surface area contributed by atoms with Crippen LogP contribution in [0.25, 0.3) is 0 Å². The molecule has 1 atom stereocenters. The third kappa shape index (κ3) is 4.38. The lowest BCUT2D eigenvalue weighted by Gasteiger charge is -2.36. The molecule has 3 rings (SSSR count). The fourth-order valence-electron chi connectivity index (χ4n) is 3.28. The van der Waals surface area contributed by atoms with Gasteiger partial charge in [0.25, 0.3) is 5.56 Å². The van der Waals surface area contributed by atoms with E-state index in [-0.39, 0.29) is 29.1 Å². The van der Waals surface area contributed by atoms with Crippen LogP contribution in [-0.2, 0) is 17.1 Å². The highest BCUT2D eigenvalue weighted by Gasteiger charge is 2.26. The highest BCUT2D eigenvalue weighted by Crippen LogP contribution is 2.23. The number of piperidine rings is 1. The van der Waals surface area contributed by atoms with Crippen LogP contribution >= 0.6 is 0 Å². The molecule has 0 aromatic carbocycles. The summed E-state index contributed by atoms with van der Waals surface area (Å²) in [5, 5.41) is 8.41. The third-order valence-corrected chi connectivity index (χ3v) is 6.10. The standard InChI is InChI=1S/C17H26N6O3S/c1-13(2)23-17(24)8-7-16(20-23)22-9-5-4-6-14(22)10-19-27(25,26)15-11-18-21(3)12-15/h7-8,11-14,19H,4-6,9-10H2,1-3H3. The van der Waals surface area contributed by atoms with Crippen LogP contribution in [-0.4, -0.2) is 47.1 Å². The van der Waals surface area contributed by atoms with E-state index in [9.17, 15) is 13.2 Å². The van der Waals surface area contributed by atoms with Crippen molar-refractivity contribution < 1.29 is 8.42 Å². The Morgan fingerprint density at radius 2 is 2.07 bits per heavy atom. The Morgan fingerprint density at radius 1 is 1.30 bits per heavy atom. The van der Waals surface area contributed by atoms with E-state index in [1.54, 1.807) is 13.1 Å². The quantitative estimate of drug-likeness (QED) is 0.781. The van der Waals surface area contributed by atoms with E-state index in [1.165, 1.54) is 27.8 Å². The molecule has 27 heavy (non-hydrogen) atoms. The van der Waals surface area contributed by atoms with E-state index in [0.29, 0.717) is 5.82 Å². The number of rotatable bonds is 6. The molecule has 10 heteroatoms. The van der Waals surface area contributed by atoms with Crippen molar-refractivity contribution in [2.75, 3.05) is 18.0 Å². The molecule has 0 amide bonds. The Hall–Kier alpha value is -2.20. The number of aryl methyl sites for hydroxylation is 1. The first kappa shape index (κ1) is 19.6. The van der Waals surface area contributed by atoms with E-state index in [2.05, 4.69) is 19.8 Å². The van der Waals surface area contributed by atoms with Crippen LogP contribution in [0.15, 0.2) is 34.2 Å². The largest absolute Gasteiger partial charge is 0.351 e. The van der Waals surface area contributed by atoms with Gasteiger partial charge in [0.05, 0.1) is 12.2 Å². The Kier molecular flexibility index (Phi) is 5.66. The molecule has 2 aromatic heterocycles. The number of anilines is 1. The molecule has 1 fully saturated rings. The van der Waals surface area contributed by atoms with Gasteiger partial charge in [-0.1, -0.05) is 0 Å². The number of hydrogen-bond acceptors (Lipinski definition) is 6. The molecular formula is C17H26N6O3S. The average molecular weight is 395 g/mol. The highest BCUT2D eigenvalue weighted by molar-refractivity contribution is 7.89. The van der Waals surface area contributed by atoms with Crippen molar-refractivity contribution in [3.8, 4) is 0 Å². The lowest BCUT2D eigenvalue weighted by molar-refractivity contribution is 0.437. The minimum Gasteiger partial charge on any atom is -0.351 e. The van der Waals surface area contributed by atoms with Gasteiger partial charge in [-0.15, -0.1) is 0 Å². The molecule has 2 aromatic rings. The molecule has 1 aliphatic rings. The minimum absolute atomic E-state index is 0.0178. The second kappa shape index (κ2) is 7.81. The zero-order valence-corrected chi connectivity index (χ0v) is 16.7. The number of aromatic nitrogens is 4. The monoisotopic (exact) mass is 394 g/mol. The summed E-state index contributed by atoms with van der Waals surface area (Å²) >= 11 is 0. The molecule has 148 valence electrons. The Morgan fingerprint density at radius 3 is 2.74 bits per heavy atom. The van der Waals surface area contributed by atoms with Gasteiger partial charge in [0.15, 0.2) is 0 Å². The molecule has 3 heterocycles. The number of sulfonamides is 1. The number of nitrogens with one attached hydrogen (secondary N) is 1. The summed E-state index contributed by atoms with van der Waals surface area (Å²) in [5.74, 6) is 0.702. The SMILES string of the molecule is CC(C)n1nc(N2CCCCC2CNS(=O)(=O)c2cnn(C)c2)ccc1=O. The molecule has 0 radical (unpaired) electrons. The first-order valence-corrected chi connectivity index (χ1v) is 10.6. The van der Waals surface area contributed by atoms with Gasteiger partial charge in [-0.3, -0.25) is 9.48 Å². The summed E-state index contributed by atoms with van der Waals surface area (Å²) in [6, 6.07) is 3.18. The van der Waals surface area contributed by atoms with Crippen LogP contribution in [0.2, 0.25) is 0 Å². The maximum atomic E-state index is 12.5. The molecule has 1 N–H and O–H groups in total. The van der Waals surface area contributed by atoms with Crippen molar-refractivity contribution in [3.05, 3.63) is 34.9 Å². The van der Waals surface area contributed by atoms with Crippen LogP contribution in [0, 0.1) is 0 Å². The van der Waals surface area contributed by atoms with E-state index >= 15 is 0 Å². The average Bonchev–Trinajstić information content (AvgIpc) is 3.08. The zero-order valence-electron chi connectivity index (χ0n) is 15.9. The molecule has 0 spiro atoms. The van der Waals surface area contributed by atoms with Crippen molar-refractivity contribution in [2.24, 2.45) is 7.05 Å². The molecule has 0 aliphatic carbocycles. The Balaban J connectivity index is 1.78. The topological polar surface area (TPSA) is 102 Å². The summed E-state index contributed by atoms with van der Waals surface area (Å²) in [5.41, 5.74) is -0.139. The Labute approximate surface area is 159 Å². The van der Waals surface area contributed by atoms with Crippen molar-refractivity contribution >= 4 is 15.8 Å². The predicted molar refractivity (Wildman–Crippen MR) is 102 cm³/mol. The van der Waals surface area contributed by atoms with Gasteiger partial charge in [-0.25, -0.2) is 17.8 Å². The number of nitrogens with zero attached hydrogens (tertiary/aromatic N) is 5. The number of hydrogen-bond donors (Lipinski definition) is 1. The summed E-state index contributed by atoms with van der Waals surface area (Å²) in [6.07, 6.45) is 5.70. The first-order valence-electron chi connectivity index (χ1n) is 9.13. The predicted octanol–water partition coefficient (Wildman–Crippen LogP) is 0.895. The van der Waals surface area contributed by atoms with Gasteiger partial charge in [0.1, 0.15) is 10.7 Å². The third-order valence-electron chi connectivity index (χ3n) is 4.72. The van der Waals surface area contributed by atoms with E-state index < -0.39 is 10.0 Å². The minimum atomic E-state index is -3.61.